The number of aryl methyl sites for hydroxylation is 1. The van der Waals surface area contributed by atoms with Crippen molar-refractivity contribution >= 4 is 29.9 Å². The van der Waals surface area contributed by atoms with Crippen LogP contribution in [0.5, 0.6) is 0 Å². The number of aliphatic imine (C=N–C) groups is 1. The number of nitrogens with zero attached hydrogens (tertiary/aromatic N) is 1. The van der Waals surface area contributed by atoms with Crippen LogP contribution >= 0.6 is 24.0 Å². The van der Waals surface area contributed by atoms with Gasteiger partial charge in [-0.05, 0) is 44.7 Å². The van der Waals surface area contributed by atoms with Crippen LogP contribution in [0.15, 0.2) is 29.3 Å². The molecule has 112 valence electrons. The molecule has 3 nitrogen and oxygen atoms in total. The Morgan fingerprint density at radius 3 is 2.25 bits per heavy atom. The highest BCUT2D eigenvalue weighted by molar-refractivity contribution is 14.0. The highest BCUT2D eigenvalue weighted by atomic mass is 127. The molecule has 0 aliphatic heterocycles. The molecule has 1 fully saturated rings. The maximum atomic E-state index is 4.75. The summed E-state index contributed by atoms with van der Waals surface area (Å²) in [4.78, 5) is 4.75. The SMILES string of the molecule is CCNC(=NCC1(c2ccccc2C)CC1)NCC.I. The summed E-state index contributed by atoms with van der Waals surface area (Å²) < 4.78 is 0. The Morgan fingerprint density at radius 2 is 1.75 bits per heavy atom. The van der Waals surface area contributed by atoms with E-state index in [4.69, 9.17) is 4.99 Å². The molecular weight excluding hydrogens is 361 g/mol. The fourth-order valence-electron chi connectivity index (χ4n) is 2.57. The summed E-state index contributed by atoms with van der Waals surface area (Å²) in [6.07, 6.45) is 2.51. The van der Waals surface area contributed by atoms with Crippen LogP contribution < -0.4 is 10.6 Å². The molecule has 2 N–H and O–H groups in total. The summed E-state index contributed by atoms with van der Waals surface area (Å²) in [5.74, 6) is 0.935. The lowest BCUT2D eigenvalue weighted by atomic mass is 9.92. The molecule has 1 aliphatic rings. The zero-order valence-corrected chi connectivity index (χ0v) is 15.0. The monoisotopic (exact) mass is 387 g/mol. The average molecular weight is 387 g/mol. The van der Waals surface area contributed by atoms with E-state index < -0.39 is 0 Å². The van der Waals surface area contributed by atoms with Crippen LogP contribution in [0.3, 0.4) is 0 Å². The number of rotatable bonds is 5. The van der Waals surface area contributed by atoms with Crippen molar-refractivity contribution in [2.75, 3.05) is 19.6 Å². The minimum Gasteiger partial charge on any atom is -0.357 e. The molecule has 0 amide bonds. The van der Waals surface area contributed by atoms with Gasteiger partial charge < -0.3 is 10.6 Å². The van der Waals surface area contributed by atoms with Gasteiger partial charge in [0, 0.05) is 18.5 Å². The van der Waals surface area contributed by atoms with Crippen molar-refractivity contribution in [3.05, 3.63) is 35.4 Å². The highest BCUT2D eigenvalue weighted by Crippen LogP contribution is 2.49. The van der Waals surface area contributed by atoms with E-state index in [0.29, 0.717) is 5.41 Å². The van der Waals surface area contributed by atoms with E-state index in [9.17, 15) is 0 Å². The molecule has 2 rings (SSSR count). The van der Waals surface area contributed by atoms with E-state index in [1.807, 2.05) is 0 Å². The molecule has 1 aromatic carbocycles. The first-order valence-electron chi connectivity index (χ1n) is 7.30. The van der Waals surface area contributed by atoms with Gasteiger partial charge >= 0.3 is 0 Å². The van der Waals surface area contributed by atoms with Gasteiger partial charge in [0.25, 0.3) is 0 Å². The minimum atomic E-state index is 0. The lowest BCUT2D eigenvalue weighted by molar-refractivity contribution is 0.690. The number of hydrogen-bond donors (Lipinski definition) is 2. The van der Waals surface area contributed by atoms with E-state index in [0.717, 1.165) is 25.6 Å². The Morgan fingerprint density at radius 1 is 1.15 bits per heavy atom. The Hall–Kier alpha value is -0.780. The fraction of sp³-hybridized carbons (Fsp3) is 0.562. The minimum absolute atomic E-state index is 0. The second-order valence-corrected chi connectivity index (χ2v) is 5.32. The predicted octanol–water partition coefficient (Wildman–Crippen LogP) is 3.22. The molecule has 1 aliphatic carbocycles. The van der Waals surface area contributed by atoms with Crippen LogP contribution in [0.4, 0.5) is 0 Å². The summed E-state index contributed by atoms with van der Waals surface area (Å²) in [5.41, 5.74) is 3.16. The van der Waals surface area contributed by atoms with Crippen molar-refractivity contribution in [1.82, 2.24) is 10.6 Å². The Kier molecular flexibility index (Phi) is 6.79. The van der Waals surface area contributed by atoms with Gasteiger partial charge in [0.05, 0.1) is 6.54 Å². The molecule has 0 heterocycles. The third kappa shape index (κ3) is 4.11. The summed E-state index contributed by atoms with van der Waals surface area (Å²) in [7, 11) is 0. The Labute approximate surface area is 139 Å². The van der Waals surface area contributed by atoms with Crippen molar-refractivity contribution in [3.63, 3.8) is 0 Å². The van der Waals surface area contributed by atoms with Crippen LogP contribution in [0.1, 0.15) is 37.8 Å². The smallest absolute Gasteiger partial charge is 0.191 e. The lowest BCUT2D eigenvalue weighted by Crippen LogP contribution is -2.37. The molecular formula is C16H26IN3. The predicted molar refractivity (Wildman–Crippen MR) is 97.2 cm³/mol. The third-order valence-electron chi connectivity index (χ3n) is 3.80. The molecule has 0 atom stereocenters. The van der Waals surface area contributed by atoms with E-state index in [1.165, 1.54) is 24.0 Å². The maximum Gasteiger partial charge on any atom is 0.191 e. The highest BCUT2D eigenvalue weighted by Gasteiger charge is 2.44. The van der Waals surface area contributed by atoms with Crippen molar-refractivity contribution in [2.24, 2.45) is 4.99 Å². The number of hydrogen-bond acceptors (Lipinski definition) is 1. The standard InChI is InChI=1S/C16H25N3.HI/c1-4-17-15(18-5-2)19-12-16(10-11-16)14-9-7-6-8-13(14)3;/h6-9H,4-5,10-12H2,1-3H3,(H2,17,18,19);1H. The summed E-state index contributed by atoms with van der Waals surface area (Å²) in [5, 5.41) is 6.58. The Balaban J connectivity index is 0.00000200. The fourth-order valence-corrected chi connectivity index (χ4v) is 2.57. The van der Waals surface area contributed by atoms with Gasteiger partial charge in [-0.3, -0.25) is 4.99 Å². The van der Waals surface area contributed by atoms with Crippen LogP contribution in [0.25, 0.3) is 0 Å². The second kappa shape index (κ2) is 7.86. The molecule has 0 radical (unpaired) electrons. The van der Waals surface area contributed by atoms with Gasteiger partial charge in [-0.2, -0.15) is 0 Å². The van der Waals surface area contributed by atoms with E-state index in [-0.39, 0.29) is 24.0 Å². The normalized spacial score (nSPS) is 14.9. The van der Waals surface area contributed by atoms with Crippen molar-refractivity contribution in [3.8, 4) is 0 Å². The summed E-state index contributed by atoms with van der Waals surface area (Å²) >= 11 is 0. The molecule has 0 aromatic heterocycles. The van der Waals surface area contributed by atoms with Crippen molar-refractivity contribution < 1.29 is 0 Å². The maximum absolute atomic E-state index is 4.75. The largest absolute Gasteiger partial charge is 0.357 e. The molecule has 1 saturated carbocycles. The number of nitrogens with one attached hydrogen (secondary N) is 2. The van der Waals surface area contributed by atoms with E-state index in [1.54, 1.807) is 0 Å². The molecule has 0 saturated heterocycles. The van der Waals surface area contributed by atoms with Crippen molar-refractivity contribution in [2.45, 2.75) is 39.0 Å². The van der Waals surface area contributed by atoms with E-state index >= 15 is 0 Å². The van der Waals surface area contributed by atoms with Gasteiger partial charge in [0.1, 0.15) is 0 Å². The second-order valence-electron chi connectivity index (χ2n) is 5.32. The van der Waals surface area contributed by atoms with Crippen LogP contribution in [-0.4, -0.2) is 25.6 Å². The molecule has 20 heavy (non-hydrogen) atoms. The molecule has 0 spiro atoms. The topological polar surface area (TPSA) is 36.4 Å². The molecule has 1 aromatic rings. The first-order valence-corrected chi connectivity index (χ1v) is 7.30. The van der Waals surface area contributed by atoms with E-state index in [2.05, 4.69) is 55.7 Å². The zero-order chi connectivity index (χ0) is 13.7. The van der Waals surface area contributed by atoms with Crippen molar-refractivity contribution in [1.29, 1.82) is 0 Å². The molecule has 0 unspecified atom stereocenters. The third-order valence-corrected chi connectivity index (χ3v) is 3.80. The van der Waals surface area contributed by atoms with Gasteiger partial charge in [-0.1, -0.05) is 24.3 Å². The molecule has 4 heteroatoms. The zero-order valence-electron chi connectivity index (χ0n) is 12.7. The summed E-state index contributed by atoms with van der Waals surface area (Å²) in [6, 6.07) is 8.72. The van der Waals surface area contributed by atoms with Crippen LogP contribution in [-0.2, 0) is 5.41 Å². The first-order chi connectivity index (χ1) is 9.22. The number of benzene rings is 1. The average Bonchev–Trinajstić information content (AvgIpc) is 3.18. The molecule has 0 bridgehead atoms. The Bertz CT molecular complexity index is 445. The van der Waals surface area contributed by atoms with Gasteiger partial charge in [-0.15, -0.1) is 24.0 Å². The summed E-state index contributed by atoms with van der Waals surface area (Å²) in [6.45, 7) is 9.09. The first kappa shape index (κ1) is 17.3. The number of halogens is 1. The van der Waals surface area contributed by atoms with Crippen LogP contribution in [0.2, 0.25) is 0 Å². The van der Waals surface area contributed by atoms with Crippen LogP contribution in [0, 0.1) is 6.92 Å². The number of guanidine groups is 1. The van der Waals surface area contributed by atoms with Gasteiger partial charge in [0.15, 0.2) is 5.96 Å². The quantitative estimate of drug-likeness (QED) is 0.463. The lowest BCUT2D eigenvalue weighted by Gasteiger charge is -2.17. The van der Waals surface area contributed by atoms with Gasteiger partial charge in [0.2, 0.25) is 0 Å². The van der Waals surface area contributed by atoms with Gasteiger partial charge in [-0.25, -0.2) is 0 Å².